The van der Waals surface area contributed by atoms with E-state index in [1.807, 2.05) is 12.1 Å². The zero-order valence-electron chi connectivity index (χ0n) is 10.8. The lowest BCUT2D eigenvalue weighted by atomic mass is 9.80. The maximum atomic E-state index is 5.48. The zero-order chi connectivity index (χ0) is 12.4. The quantitative estimate of drug-likeness (QED) is 0.800. The van der Waals surface area contributed by atoms with Gasteiger partial charge in [0.05, 0.1) is 12.8 Å². The van der Waals surface area contributed by atoms with Crippen molar-refractivity contribution in [3.05, 3.63) is 18.2 Å². The van der Waals surface area contributed by atoms with Crippen molar-refractivity contribution in [1.29, 1.82) is 0 Å². The van der Waals surface area contributed by atoms with Gasteiger partial charge in [-0.15, -0.1) is 0 Å². The third kappa shape index (κ3) is 2.01. The van der Waals surface area contributed by atoms with Crippen LogP contribution in [0.5, 0.6) is 5.75 Å². The van der Waals surface area contributed by atoms with E-state index in [4.69, 9.17) is 9.47 Å². The fourth-order valence-corrected chi connectivity index (χ4v) is 2.81. The Bertz CT molecular complexity index is 428. The monoisotopic (exact) mass is 248 g/mol. The number of fused-ring (bicyclic) bond motifs is 1. The Morgan fingerprint density at radius 1 is 1.17 bits per heavy atom. The van der Waals surface area contributed by atoms with E-state index < -0.39 is 0 Å². The molecule has 2 aliphatic heterocycles. The normalized spacial score (nSPS) is 21.4. The summed E-state index contributed by atoms with van der Waals surface area (Å²) in [5.41, 5.74) is 2.53. The van der Waals surface area contributed by atoms with Crippen molar-refractivity contribution in [2.75, 3.05) is 44.0 Å². The van der Waals surface area contributed by atoms with Crippen LogP contribution in [0, 0.1) is 5.41 Å². The zero-order valence-corrected chi connectivity index (χ0v) is 10.8. The second-order valence-electron chi connectivity index (χ2n) is 5.20. The van der Waals surface area contributed by atoms with Crippen molar-refractivity contribution in [1.82, 2.24) is 0 Å². The highest BCUT2D eigenvalue weighted by Crippen LogP contribution is 2.39. The van der Waals surface area contributed by atoms with Gasteiger partial charge in [-0.3, -0.25) is 0 Å². The average Bonchev–Trinajstić information content (AvgIpc) is 2.60. The van der Waals surface area contributed by atoms with Crippen molar-refractivity contribution in [2.45, 2.75) is 12.8 Å². The van der Waals surface area contributed by atoms with E-state index in [0.29, 0.717) is 5.41 Å². The van der Waals surface area contributed by atoms with Crippen LogP contribution in [-0.4, -0.2) is 33.4 Å². The van der Waals surface area contributed by atoms with Crippen LogP contribution < -0.4 is 15.4 Å². The first-order valence-electron chi connectivity index (χ1n) is 6.56. The maximum Gasteiger partial charge on any atom is 0.144 e. The van der Waals surface area contributed by atoms with Gasteiger partial charge in [-0.05, 0) is 25.0 Å². The van der Waals surface area contributed by atoms with Crippen molar-refractivity contribution in [3.63, 3.8) is 0 Å². The fourth-order valence-electron chi connectivity index (χ4n) is 2.81. The molecule has 1 aromatic rings. The first-order chi connectivity index (χ1) is 8.83. The minimum Gasteiger partial charge on any atom is -0.495 e. The Hall–Kier alpha value is -1.42. The van der Waals surface area contributed by atoms with E-state index in [1.165, 1.54) is 0 Å². The van der Waals surface area contributed by atoms with E-state index in [2.05, 4.69) is 16.7 Å². The summed E-state index contributed by atoms with van der Waals surface area (Å²) in [7, 11) is 1.71. The van der Waals surface area contributed by atoms with E-state index in [9.17, 15) is 0 Å². The molecule has 1 spiro atoms. The van der Waals surface area contributed by atoms with Crippen LogP contribution in [0.2, 0.25) is 0 Å². The molecule has 1 aromatic carbocycles. The number of hydrogen-bond donors (Lipinski definition) is 2. The van der Waals surface area contributed by atoms with Crippen LogP contribution in [0.3, 0.4) is 0 Å². The van der Waals surface area contributed by atoms with E-state index >= 15 is 0 Å². The molecule has 18 heavy (non-hydrogen) atoms. The largest absolute Gasteiger partial charge is 0.495 e. The van der Waals surface area contributed by atoms with Gasteiger partial charge in [-0.2, -0.15) is 0 Å². The Morgan fingerprint density at radius 2 is 1.94 bits per heavy atom. The molecule has 98 valence electrons. The van der Waals surface area contributed by atoms with Gasteiger partial charge in [0.1, 0.15) is 11.4 Å². The highest BCUT2D eigenvalue weighted by Gasteiger charge is 2.34. The molecule has 0 unspecified atom stereocenters. The van der Waals surface area contributed by atoms with Gasteiger partial charge in [-0.1, -0.05) is 6.07 Å². The molecule has 0 bridgehead atoms. The summed E-state index contributed by atoms with van der Waals surface area (Å²) in [6, 6.07) is 6.12. The van der Waals surface area contributed by atoms with Gasteiger partial charge in [0, 0.05) is 31.7 Å². The summed E-state index contributed by atoms with van der Waals surface area (Å²) < 4.78 is 10.9. The van der Waals surface area contributed by atoms with Crippen LogP contribution in [0.25, 0.3) is 0 Å². The molecule has 1 saturated heterocycles. The van der Waals surface area contributed by atoms with Gasteiger partial charge in [0.2, 0.25) is 0 Å². The molecule has 1 fully saturated rings. The molecule has 4 heteroatoms. The Kier molecular flexibility index (Phi) is 3.04. The van der Waals surface area contributed by atoms with Gasteiger partial charge in [0.25, 0.3) is 0 Å². The molecule has 4 nitrogen and oxygen atoms in total. The third-order valence-corrected chi connectivity index (χ3v) is 4.09. The molecule has 3 rings (SSSR count). The molecule has 0 aromatic heterocycles. The first kappa shape index (κ1) is 11.7. The number of hydrogen-bond acceptors (Lipinski definition) is 4. The SMILES string of the molecule is COc1cccc2c1NCC1(CCOCC1)CN2. The number of anilines is 2. The minimum absolute atomic E-state index is 0.308. The van der Waals surface area contributed by atoms with E-state index in [1.54, 1.807) is 7.11 Å². The number of methoxy groups -OCH3 is 1. The summed E-state index contributed by atoms with van der Waals surface area (Å²) in [4.78, 5) is 0. The molecule has 0 radical (unpaired) electrons. The van der Waals surface area contributed by atoms with Crippen molar-refractivity contribution in [2.24, 2.45) is 5.41 Å². The maximum absolute atomic E-state index is 5.48. The lowest BCUT2D eigenvalue weighted by Gasteiger charge is -2.36. The highest BCUT2D eigenvalue weighted by atomic mass is 16.5. The molecule has 0 atom stereocenters. The standard InChI is InChI=1S/C14H20N2O2/c1-17-12-4-2-3-11-13(12)16-10-14(9-15-11)5-7-18-8-6-14/h2-4,15-16H,5-10H2,1H3. The lowest BCUT2D eigenvalue weighted by Crippen LogP contribution is -2.40. The molecule has 2 heterocycles. The Balaban J connectivity index is 1.85. The topological polar surface area (TPSA) is 42.5 Å². The van der Waals surface area contributed by atoms with Crippen LogP contribution in [0.4, 0.5) is 11.4 Å². The number of benzene rings is 1. The number of rotatable bonds is 1. The molecular formula is C14H20N2O2. The second kappa shape index (κ2) is 4.69. The van der Waals surface area contributed by atoms with Gasteiger partial charge in [0.15, 0.2) is 0 Å². The predicted molar refractivity (Wildman–Crippen MR) is 72.5 cm³/mol. The smallest absolute Gasteiger partial charge is 0.144 e. The lowest BCUT2D eigenvalue weighted by molar-refractivity contribution is 0.0276. The van der Waals surface area contributed by atoms with Crippen LogP contribution in [-0.2, 0) is 4.74 Å². The first-order valence-corrected chi connectivity index (χ1v) is 6.56. The summed E-state index contributed by atoms with van der Waals surface area (Å²) in [5, 5.41) is 7.12. The van der Waals surface area contributed by atoms with Gasteiger partial charge < -0.3 is 20.1 Å². The molecular weight excluding hydrogens is 228 g/mol. The van der Waals surface area contributed by atoms with Crippen molar-refractivity contribution in [3.8, 4) is 5.75 Å². The number of para-hydroxylation sites is 1. The fraction of sp³-hybridized carbons (Fsp3) is 0.571. The summed E-state index contributed by atoms with van der Waals surface area (Å²) in [6.07, 6.45) is 2.23. The second-order valence-corrected chi connectivity index (χ2v) is 5.20. The Morgan fingerprint density at radius 3 is 2.72 bits per heavy atom. The Labute approximate surface area is 108 Å². The minimum atomic E-state index is 0.308. The molecule has 0 aliphatic carbocycles. The molecule has 0 saturated carbocycles. The van der Waals surface area contributed by atoms with Crippen molar-refractivity contribution >= 4 is 11.4 Å². The van der Waals surface area contributed by atoms with E-state index in [0.717, 1.165) is 56.3 Å². The van der Waals surface area contributed by atoms with Crippen LogP contribution >= 0.6 is 0 Å². The molecule has 2 aliphatic rings. The average molecular weight is 248 g/mol. The number of nitrogens with one attached hydrogen (secondary N) is 2. The van der Waals surface area contributed by atoms with Crippen LogP contribution in [0.1, 0.15) is 12.8 Å². The predicted octanol–water partition coefficient (Wildman–Crippen LogP) is 2.33. The molecule has 2 N–H and O–H groups in total. The third-order valence-electron chi connectivity index (χ3n) is 4.09. The summed E-state index contributed by atoms with van der Waals surface area (Å²) >= 11 is 0. The van der Waals surface area contributed by atoms with Crippen molar-refractivity contribution < 1.29 is 9.47 Å². The highest BCUT2D eigenvalue weighted by molar-refractivity contribution is 5.76. The summed E-state index contributed by atoms with van der Waals surface area (Å²) in [6.45, 7) is 3.73. The molecule has 0 amide bonds. The van der Waals surface area contributed by atoms with Gasteiger partial charge in [-0.25, -0.2) is 0 Å². The number of ether oxygens (including phenoxy) is 2. The van der Waals surface area contributed by atoms with Crippen LogP contribution in [0.15, 0.2) is 18.2 Å². The van der Waals surface area contributed by atoms with Gasteiger partial charge >= 0.3 is 0 Å². The summed E-state index contributed by atoms with van der Waals surface area (Å²) in [5.74, 6) is 0.907. The van der Waals surface area contributed by atoms with E-state index in [-0.39, 0.29) is 0 Å².